The summed E-state index contributed by atoms with van der Waals surface area (Å²) >= 11 is 11.9. The third-order valence-corrected chi connectivity index (χ3v) is 4.43. The minimum absolute atomic E-state index is 0.0717. The summed E-state index contributed by atoms with van der Waals surface area (Å²) in [6, 6.07) is 5.39. The first-order chi connectivity index (χ1) is 10.0. The van der Waals surface area contributed by atoms with Gasteiger partial charge in [-0.15, -0.1) is 0 Å². The molecule has 2 rings (SSSR count). The molecule has 1 atom stereocenters. The standard InChI is InChI=1S/C15H21Cl2N3O/c1-20(14(9-18)10-2-3-10)7-6-15(21)19-13-8-11(16)4-5-12(13)17/h4-5,8,10,14H,2-3,6-7,9,18H2,1H3,(H,19,21). The van der Waals surface area contributed by atoms with Crippen LogP contribution in [0.5, 0.6) is 0 Å². The van der Waals surface area contributed by atoms with Gasteiger partial charge in [-0.3, -0.25) is 4.79 Å². The summed E-state index contributed by atoms with van der Waals surface area (Å²) in [6.45, 7) is 1.32. The number of hydrogen-bond donors (Lipinski definition) is 2. The molecule has 1 amide bonds. The van der Waals surface area contributed by atoms with Gasteiger partial charge in [-0.1, -0.05) is 23.2 Å². The van der Waals surface area contributed by atoms with Crippen LogP contribution < -0.4 is 11.1 Å². The molecule has 1 saturated carbocycles. The van der Waals surface area contributed by atoms with Gasteiger partial charge < -0.3 is 16.0 Å². The van der Waals surface area contributed by atoms with Gasteiger partial charge in [-0.2, -0.15) is 0 Å². The average Bonchev–Trinajstić information content (AvgIpc) is 3.26. The smallest absolute Gasteiger partial charge is 0.225 e. The summed E-state index contributed by atoms with van der Waals surface area (Å²) in [5.41, 5.74) is 6.36. The number of anilines is 1. The fourth-order valence-corrected chi connectivity index (χ4v) is 2.80. The second kappa shape index (κ2) is 7.45. The van der Waals surface area contributed by atoms with Gasteiger partial charge in [-0.25, -0.2) is 0 Å². The van der Waals surface area contributed by atoms with Crippen LogP contribution in [0.2, 0.25) is 10.0 Å². The number of hydrogen-bond acceptors (Lipinski definition) is 3. The second-order valence-electron chi connectivity index (χ2n) is 5.54. The molecule has 21 heavy (non-hydrogen) atoms. The Morgan fingerprint density at radius 3 is 2.81 bits per heavy atom. The van der Waals surface area contributed by atoms with Gasteiger partial charge in [0, 0.05) is 30.6 Å². The van der Waals surface area contributed by atoms with E-state index in [-0.39, 0.29) is 5.91 Å². The summed E-state index contributed by atoms with van der Waals surface area (Å²) in [7, 11) is 2.02. The fraction of sp³-hybridized carbons (Fsp3) is 0.533. The third-order valence-electron chi connectivity index (χ3n) is 3.87. The summed E-state index contributed by atoms with van der Waals surface area (Å²) in [6.07, 6.45) is 2.90. The highest BCUT2D eigenvalue weighted by Gasteiger charge is 2.32. The minimum atomic E-state index is -0.0717. The first-order valence-corrected chi connectivity index (χ1v) is 7.92. The summed E-state index contributed by atoms with van der Waals surface area (Å²) < 4.78 is 0. The van der Waals surface area contributed by atoms with E-state index in [0.717, 1.165) is 0 Å². The Labute approximate surface area is 135 Å². The van der Waals surface area contributed by atoms with Gasteiger partial charge in [0.2, 0.25) is 5.91 Å². The molecule has 1 aromatic rings. The van der Waals surface area contributed by atoms with Crippen molar-refractivity contribution >= 4 is 34.8 Å². The Kier molecular flexibility index (Phi) is 5.88. The van der Waals surface area contributed by atoms with Gasteiger partial charge in [0.25, 0.3) is 0 Å². The Morgan fingerprint density at radius 1 is 1.48 bits per heavy atom. The van der Waals surface area contributed by atoms with Gasteiger partial charge >= 0.3 is 0 Å². The molecular formula is C15H21Cl2N3O. The van der Waals surface area contributed by atoms with Gasteiger partial charge in [0.05, 0.1) is 10.7 Å². The quantitative estimate of drug-likeness (QED) is 0.808. The lowest BCUT2D eigenvalue weighted by Gasteiger charge is -2.26. The van der Waals surface area contributed by atoms with Crippen molar-refractivity contribution in [1.29, 1.82) is 0 Å². The molecule has 3 N–H and O–H groups in total. The van der Waals surface area contributed by atoms with E-state index in [4.69, 9.17) is 28.9 Å². The third kappa shape index (κ3) is 4.85. The van der Waals surface area contributed by atoms with E-state index in [0.29, 0.717) is 47.2 Å². The van der Waals surface area contributed by atoms with Gasteiger partial charge in [-0.05, 0) is 44.0 Å². The van der Waals surface area contributed by atoms with Crippen molar-refractivity contribution in [2.45, 2.75) is 25.3 Å². The minimum Gasteiger partial charge on any atom is -0.329 e. The number of carbonyl (C=O) groups excluding carboxylic acids is 1. The van der Waals surface area contributed by atoms with Gasteiger partial charge in [0.15, 0.2) is 0 Å². The molecule has 1 unspecified atom stereocenters. The van der Waals surface area contributed by atoms with Crippen molar-refractivity contribution in [2.24, 2.45) is 11.7 Å². The molecule has 0 spiro atoms. The van der Waals surface area contributed by atoms with Crippen LogP contribution in [-0.4, -0.2) is 37.0 Å². The number of nitrogens with two attached hydrogens (primary N) is 1. The van der Waals surface area contributed by atoms with Crippen LogP contribution in [0.1, 0.15) is 19.3 Å². The van der Waals surface area contributed by atoms with Crippen molar-refractivity contribution in [2.75, 3.05) is 25.5 Å². The monoisotopic (exact) mass is 329 g/mol. The number of nitrogens with one attached hydrogen (secondary N) is 1. The maximum absolute atomic E-state index is 12.0. The molecule has 0 aliphatic heterocycles. The Morgan fingerprint density at radius 2 is 2.19 bits per heavy atom. The predicted molar refractivity (Wildman–Crippen MR) is 87.9 cm³/mol. The molecule has 1 aliphatic carbocycles. The number of halogens is 2. The zero-order chi connectivity index (χ0) is 15.4. The fourth-order valence-electron chi connectivity index (χ4n) is 2.46. The maximum atomic E-state index is 12.0. The SMILES string of the molecule is CN(CCC(=O)Nc1cc(Cl)ccc1Cl)C(CN)C1CC1. The van der Waals surface area contributed by atoms with E-state index in [9.17, 15) is 4.79 Å². The van der Waals surface area contributed by atoms with Crippen molar-refractivity contribution in [3.63, 3.8) is 0 Å². The topological polar surface area (TPSA) is 58.4 Å². The maximum Gasteiger partial charge on any atom is 0.225 e. The lowest BCUT2D eigenvalue weighted by atomic mass is 10.1. The van der Waals surface area contributed by atoms with Crippen LogP contribution in [0.4, 0.5) is 5.69 Å². The number of amides is 1. The Hall–Kier alpha value is -0.810. The highest BCUT2D eigenvalue weighted by atomic mass is 35.5. The zero-order valence-electron chi connectivity index (χ0n) is 12.1. The summed E-state index contributed by atoms with van der Waals surface area (Å²) in [5.74, 6) is 0.628. The van der Waals surface area contributed by atoms with Crippen molar-refractivity contribution in [1.82, 2.24) is 4.90 Å². The molecule has 0 bridgehead atoms. The van der Waals surface area contributed by atoms with Crippen molar-refractivity contribution in [3.8, 4) is 0 Å². The van der Waals surface area contributed by atoms with E-state index >= 15 is 0 Å². The van der Waals surface area contributed by atoms with E-state index < -0.39 is 0 Å². The molecule has 0 radical (unpaired) electrons. The van der Waals surface area contributed by atoms with Crippen LogP contribution in [0.15, 0.2) is 18.2 Å². The number of likely N-dealkylation sites (N-methyl/N-ethyl adjacent to an activating group) is 1. The van der Waals surface area contributed by atoms with E-state index in [1.165, 1.54) is 12.8 Å². The van der Waals surface area contributed by atoms with Crippen molar-refractivity contribution < 1.29 is 4.79 Å². The van der Waals surface area contributed by atoms with E-state index in [2.05, 4.69) is 10.2 Å². The molecule has 0 aromatic heterocycles. The lowest BCUT2D eigenvalue weighted by Crippen LogP contribution is -2.40. The largest absolute Gasteiger partial charge is 0.329 e. The predicted octanol–water partition coefficient (Wildman–Crippen LogP) is 2.99. The molecule has 116 valence electrons. The molecule has 1 aliphatic rings. The van der Waals surface area contributed by atoms with Crippen LogP contribution >= 0.6 is 23.2 Å². The normalized spacial score (nSPS) is 16.0. The van der Waals surface area contributed by atoms with Crippen molar-refractivity contribution in [3.05, 3.63) is 28.2 Å². The average molecular weight is 330 g/mol. The molecule has 6 heteroatoms. The first-order valence-electron chi connectivity index (χ1n) is 7.16. The molecule has 4 nitrogen and oxygen atoms in total. The van der Waals surface area contributed by atoms with Crippen LogP contribution in [0.3, 0.4) is 0 Å². The summed E-state index contributed by atoms with van der Waals surface area (Å²) in [4.78, 5) is 14.2. The molecule has 0 heterocycles. The highest BCUT2D eigenvalue weighted by molar-refractivity contribution is 6.35. The number of rotatable bonds is 7. The van der Waals surface area contributed by atoms with E-state index in [1.807, 2.05) is 7.05 Å². The summed E-state index contributed by atoms with van der Waals surface area (Å²) in [5, 5.41) is 3.83. The highest BCUT2D eigenvalue weighted by Crippen LogP contribution is 2.34. The van der Waals surface area contributed by atoms with Crippen LogP contribution in [0, 0.1) is 5.92 Å². The first kappa shape index (κ1) is 16.6. The molecular weight excluding hydrogens is 309 g/mol. The second-order valence-corrected chi connectivity index (χ2v) is 6.39. The van der Waals surface area contributed by atoms with Gasteiger partial charge in [0.1, 0.15) is 0 Å². The van der Waals surface area contributed by atoms with E-state index in [1.54, 1.807) is 18.2 Å². The Balaban J connectivity index is 1.82. The molecule has 1 aromatic carbocycles. The molecule has 0 saturated heterocycles. The van der Waals surface area contributed by atoms with Crippen LogP contribution in [0.25, 0.3) is 0 Å². The molecule has 1 fully saturated rings. The number of carbonyl (C=O) groups is 1. The number of benzene rings is 1. The van der Waals surface area contributed by atoms with Crippen LogP contribution in [-0.2, 0) is 4.79 Å². The Bertz CT molecular complexity index is 506. The lowest BCUT2D eigenvalue weighted by molar-refractivity contribution is -0.116. The number of nitrogens with zero attached hydrogens (tertiary/aromatic N) is 1. The zero-order valence-corrected chi connectivity index (χ0v) is 13.6.